The Balaban J connectivity index is 0.000000246. The molecule has 0 aliphatic heterocycles. The minimum absolute atomic E-state index is 0. The van der Waals surface area contributed by atoms with Crippen molar-refractivity contribution in [3.05, 3.63) is 189 Å². The third-order valence-electron chi connectivity index (χ3n) is 11.4. The molecule has 53 heavy (non-hydrogen) atoms. The van der Waals surface area contributed by atoms with Crippen molar-refractivity contribution in [2.75, 3.05) is 0 Å². The number of hydrogen-bond acceptors (Lipinski definition) is 0. The minimum atomic E-state index is -0.269. The highest BCUT2D eigenvalue weighted by Crippen LogP contribution is 2.55. The van der Waals surface area contributed by atoms with Gasteiger partial charge in [-0.25, -0.2) is 0 Å². The fourth-order valence-corrected chi connectivity index (χ4v) is 8.53. The highest BCUT2D eigenvalue weighted by atomic mass is 14.5. The van der Waals surface area contributed by atoms with E-state index in [-0.39, 0.29) is 29.1 Å². The fourth-order valence-electron chi connectivity index (χ4n) is 8.53. The molecule has 0 heterocycles. The summed E-state index contributed by atoms with van der Waals surface area (Å²) in [4.78, 5) is 0. The van der Waals surface area contributed by atoms with Crippen LogP contribution in [0, 0.1) is 39.5 Å². The first-order valence-electron chi connectivity index (χ1n) is 18.8. The summed E-state index contributed by atoms with van der Waals surface area (Å²) in [6.45, 7) is 13.4. The zero-order chi connectivity index (χ0) is 34.8. The second kappa shape index (κ2) is 17.4. The predicted octanol–water partition coefficient (Wildman–Crippen LogP) is 15.5. The van der Waals surface area contributed by atoms with Gasteiger partial charge in [0, 0.05) is 1.43 Å². The molecule has 9 rings (SSSR count). The van der Waals surface area contributed by atoms with E-state index in [1.165, 1.54) is 104 Å². The Kier molecular flexibility index (Phi) is 13.5. The highest BCUT2D eigenvalue weighted by Gasteiger charge is 2.45. The lowest BCUT2D eigenvalue weighted by atomic mass is 9.67. The second-order valence-electron chi connectivity index (χ2n) is 15.4. The van der Waals surface area contributed by atoms with Gasteiger partial charge in [-0.2, -0.15) is 0 Å². The summed E-state index contributed by atoms with van der Waals surface area (Å²) >= 11 is 0. The van der Waals surface area contributed by atoms with E-state index in [1.807, 2.05) is 0 Å². The Morgan fingerprint density at radius 3 is 1.13 bits per heavy atom. The van der Waals surface area contributed by atoms with E-state index in [0.29, 0.717) is 0 Å². The molecule has 1 fully saturated rings. The Morgan fingerprint density at radius 1 is 0.415 bits per heavy atom. The number of fused-ring (bicyclic) bond motifs is 6. The van der Waals surface area contributed by atoms with Crippen LogP contribution in [0.4, 0.5) is 0 Å². The van der Waals surface area contributed by atoms with E-state index in [2.05, 4.69) is 175 Å². The lowest BCUT2D eigenvalue weighted by Gasteiger charge is -2.34. The average molecular weight is 704 g/mol. The van der Waals surface area contributed by atoms with Gasteiger partial charge in [0.05, 0.1) is 5.41 Å². The second-order valence-corrected chi connectivity index (χ2v) is 15.4. The number of rotatable bonds is 2. The topological polar surface area (TPSA) is 0 Å². The quantitative estimate of drug-likeness (QED) is 0.168. The van der Waals surface area contributed by atoms with E-state index in [9.17, 15) is 0 Å². The van der Waals surface area contributed by atoms with Crippen LogP contribution in [-0.4, -0.2) is 0 Å². The normalized spacial score (nSPS) is 16.6. The van der Waals surface area contributed by atoms with Crippen LogP contribution < -0.4 is 0 Å². The molecule has 0 bridgehead atoms. The van der Waals surface area contributed by atoms with Gasteiger partial charge in [-0.15, -0.1) is 0 Å². The number of hydrogen-bond donors (Lipinski definition) is 0. The van der Waals surface area contributed by atoms with Gasteiger partial charge in [0.2, 0.25) is 0 Å². The average Bonchev–Trinajstić information content (AvgIpc) is 3.63. The van der Waals surface area contributed by atoms with Gasteiger partial charge in [-0.05, 0) is 102 Å². The van der Waals surface area contributed by atoms with E-state index in [4.69, 9.17) is 0 Å². The Bertz CT molecular complexity index is 1940. The van der Waals surface area contributed by atoms with Gasteiger partial charge in [-0.1, -0.05) is 218 Å². The standard InChI is InChI=1S/C27H22.C15H14.C8H16.3CH4.H2/c1-19-11-15-21(16-12-19)27(22-17-13-20(2)14-18-22)25-9-5-3-7-23(25)24-8-4-6-10-26(24)27;1-10-3-5-14-12(7-10)9-13-8-11(2)4-6-15(13)14;1-7-3-5-8(2)6-4-7;;;;/h3-18H,1-2H3;3-8H,9H2,1-2H3;7-8H,3-6H2,1-2H3;3*1H4;1H/i;;;;;;1+1. The van der Waals surface area contributed by atoms with Crippen molar-refractivity contribution in [3.8, 4) is 22.3 Å². The first-order valence-corrected chi connectivity index (χ1v) is 18.8. The van der Waals surface area contributed by atoms with Crippen molar-refractivity contribution in [1.82, 2.24) is 0 Å². The third kappa shape index (κ3) is 8.13. The first-order chi connectivity index (χ1) is 24.2. The highest BCUT2D eigenvalue weighted by molar-refractivity contribution is 5.86. The predicted molar refractivity (Wildman–Crippen MR) is 236 cm³/mol. The summed E-state index contributed by atoms with van der Waals surface area (Å²) in [6.07, 6.45) is 7.00. The van der Waals surface area contributed by atoms with Gasteiger partial charge in [-0.3, -0.25) is 0 Å². The molecule has 0 spiro atoms. The van der Waals surface area contributed by atoms with Gasteiger partial charge in [0.25, 0.3) is 0 Å². The monoisotopic (exact) mass is 704 g/mol. The molecule has 0 heteroatoms. The lowest BCUT2D eigenvalue weighted by molar-refractivity contribution is 0.308. The summed E-state index contributed by atoms with van der Waals surface area (Å²) in [5, 5.41) is 0. The van der Waals surface area contributed by atoms with Crippen LogP contribution in [-0.2, 0) is 11.8 Å². The number of aryl methyl sites for hydroxylation is 4. The molecule has 0 amide bonds. The van der Waals surface area contributed by atoms with Crippen molar-refractivity contribution in [2.45, 2.75) is 101 Å². The van der Waals surface area contributed by atoms with Gasteiger partial charge < -0.3 is 0 Å². The molecule has 0 nitrogen and oxygen atoms in total. The van der Waals surface area contributed by atoms with Gasteiger partial charge in [0.1, 0.15) is 0 Å². The van der Waals surface area contributed by atoms with Crippen LogP contribution in [0.5, 0.6) is 0 Å². The molecule has 3 aliphatic rings. The van der Waals surface area contributed by atoms with E-state index in [0.717, 1.165) is 18.3 Å². The molecule has 0 radical (unpaired) electrons. The summed E-state index contributed by atoms with van der Waals surface area (Å²) in [5.74, 6) is 2.04. The van der Waals surface area contributed by atoms with Crippen LogP contribution in [0.1, 0.15) is 119 Å². The molecular weight excluding hydrogens is 637 g/mol. The van der Waals surface area contributed by atoms with E-state index in [1.54, 1.807) is 0 Å². The molecule has 0 atom stereocenters. The van der Waals surface area contributed by atoms with Crippen molar-refractivity contribution in [2.24, 2.45) is 11.8 Å². The molecule has 0 aromatic heterocycles. The SMILES string of the molecule is C.C.C.CC1CCC(C)CC1.Cc1ccc(C2(c3ccc(C)cc3)c3ccccc3-c3ccccc32)cc1.Cc1ccc2c(c1)Cc1cc(C)ccc1-2.[2HH]. The molecule has 3 aliphatic carbocycles. The maximum absolute atomic E-state index is 2.37. The Hall–Kier alpha value is -4.68. The van der Waals surface area contributed by atoms with Gasteiger partial charge in [0.15, 0.2) is 0 Å². The van der Waals surface area contributed by atoms with E-state index < -0.39 is 0 Å². The summed E-state index contributed by atoms with van der Waals surface area (Å²) < 4.78 is 0. The molecule has 0 saturated heterocycles. The maximum Gasteiger partial charge on any atom is 0.0713 e. The largest absolute Gasteiger partial charge is 0.0776 e. The van der Waals surface area contributed by atoms with Crippen LogP contribution in [0.2, 0.25) is 0 Å². The van der Waals surface area contributed by atoms with Crippen LogP contribution in [0.3, 0.4) is 0 Å². The van der Waals surface area contributed by atoms with Crippen molar-refractivity contribution < 1.29 is 1.43 Å². The molecule has 6 aromatic carbocycles. The van der Waals surface area contributed by atoms with Crippen molar-refractivity contribution in [3.63, 3.8) is 0 Å². The zero-order valence-electron chi connectivity index (χ0n) is 30.9. The van der Waals surface area contributed by atoms with Crippen molar-refractivity contribution >= 4 is 0 Å². The summed E-state index contributed by atoms with van der Waals surface area (Å²) in [6, 6.07) is 49.4. The van der Waals surface area contributed by atoms with Crippen LogP contribution >= 0.6 is 0 Å². The summed E-state index contributed by atoms with van der Waals surface area (Å²) in [7, 11) is 0. The van der Waals surface area contributed by atoms with Crippen molar-refractivity contribution in [1.29, 1.82) is 0 Å². The summed E-state index contributed by atoms with van der Waals surface area (Å²) in [5.41, 5.74) is 18.9. The number of benzene rings is 6. The van der Waals surface area contributed by atoms with E-state index >= 15 is 0 Å². The third-order valence-corrected chi connectivity index (χ3v) is 11.4. The first kappa shape index (κ1) is 41.1. The van der Waals surface area contributed by atoms with Crippen LogP contribution in [0.15, 0.2) is 133 Å². The molecule has 1 saturated carbocycles. The Labute approximate surface area is 324 Å². The molecule has 278 valence electrons. The molecular formula is C53H66. The van der Waals surface area contributed by atoms with Gasteiger partial charge >= 0.3 is 0 Å². The molecule has 0 unspecified atom stereocenters. The fraction of sp³-hybridized carbons (Fsp3) is 0.321. The zero-order valence-corrected chi connectivity index (χ0v) is 30.9. The van der Waals surface area contributed by atoms with Crippen LogP contribution in [0.25, 0.3) is 22.3 Å². The Morgan fingerprint density at radius 2 is 0.755 bits per heavy atom. The molecule has 6 aromatic rings. The maximum atomic E-state index is 2.37. The lowest BCUT2D eigenvalue weighted by Crippen LogP contribution is -2.28. The smallest absolute Gasteiger partial charge is 0.0713 e. The minimum Gasteiger partial charge on any atom is -0.0776 e. The molecule has 0 N–H and O–H groups in total.